The third-order valence-corrected chi connectivity index (χ3v) is 5.28. The van der Waals surface area contributed by atoms with Gasteiger partial charge < -0.3 is 25.0 Å². The molecular weight excluding hydrogens is 414 g/mol. The molecule has 2 heterocycles. The molecule has 0 saturated carbocycles. The number of rotatable bonds is 6. The molecule has 1 fully saturated rings. The third kappa shape index (κ3) is 5.80. The van der Waals surface area contributed by atoms with Crippen molar-refractivity contribution < 1.29 is 29.3 Å². The first-order valence-electron chi connectivity index (χ1n) is 10.4. The van der Waals surface area contributed by atoms with Gasteiger partial charge in [0.2, 0.25) is 0 Å². The smallest absolute Gasteiger partial charge is 0.322 e. The summed E-state index contributed by atoms with van der Waals surface area (Å²) >= 11 is 0. The SMILES string of the molecule is Cc1nc(C[C@H]2OC[C@H](c3ccc(C(C)(C)C)cc3)CO2)nc(C(=O)NCC(=O)O)c1O. The van der Waals surface area contributed by atoms with E-state index in [-0.39, 0.29) is 40.7 Å². The highest BCUT2D eigenvalue weighted by Gasteiger charge is 2.26. The van der Waals surface area contributed by atoms with E-state index in [0.29, 0.717) is 13.2 Å². The van der Waals surface area contributed by atoms with Crippen molar-refractivity contribution in [3.63, 3.8) is 0 Å². The standard InChI is InChI=1S/C23H29N3O6/c1-13-21(29)20(22(30)24-10-18(27)28)26-17(25-13)9-19-31-11-15(12-32-19)14-5-7-16(8-6-14)23(2,3)4/h5-8,15,19,29H,9-12H2,1-4H3,(H,24,30)(H,27,28)/t15-,19-. The Balaban J connectivity index is 1.62. The van der Waals surface area contributed by atoms with Crippen LogP contribution in [0.3, 0.4) is 0 Å². The summed E-state index contributed by atoms with van der Waals surface area (Å²) in [5, 5.41) is 21.0. The predicted molar refractivity (Wildman–Crippen MR) is 116 cm³/mol. The quantitative estimate of drug-likeness (QED) is 0.620. The van der Waals surface area contributed by atoms with Crippen molar-refractivity contribution in [3.8, 4) is 5.75 Å². The second-order valence-electron chi connectivity index (χ2n) is 8.87. The number of benzene rings is 1. The van der Waals surface area contributed by atoms with Gasteiger partial charge in [0, 0.05) is 5.92 Å². The van der Waals surface area contributed by atoms with Gasteiger partial charge in [-0.1, -0.05) is 45.0 Å². The largest absolute Gasteiger partial charge is 0.504 e. The summed E-state index contributed by atoms with van der Waals surface area (Å²) in [6.07, 6.45) is -0.394. The summed E-state index contributed by atoms with van der Waals surface area (Å²) < 4.78 is 11.7. The van der Waals surface area contributed by atoms with Gasteiger partial charge in [0.25, 0.3) is 5.91 Å². The summed E-state index contributed by atoms with van der Waals surface area (Å²) in [5.74, 6) is -2.00. The fourth-order valence-electron chi connectivity index (χ4n) is 3.37. The summed E-state index contributed by atoms with van der Waals surface area (Å²) in [4.78, 5) is 31.1. The molecule has 9 heteroatoms. The Bertz CT molecular complexity index is 976. The molecule has 0 bridgehead atoms. The van der Waals surface area contributed by atoms with Crippen LogP contribution in [-0.4, -0.2) is 58.1 Å². The number of carboxylic acids is 1. The zero-order valence-corrected chi connectivity index (χ0v) is 18.7. The van der Waals surface area contributed by atoms with E-state index >= 15 is 0 Å². The zero-order chi connectivity index (χ0) is 23.5. The van der Waals surface area contributed by atoms with Gasteiger partial charge in [0.15, 0.2) is 17.7 Å². The Morgan fingerprint density at radius 1 is 1.12 bits per heavy atom. The van der Waals surface area contributed by atoms with Crippen molar-refractivity contribution in [2.24, 2.45) is 0 Å². The number of aromatic hydroxyl groups is 1. The van der Waals surface area contributed by atoms with Crippen LogP contribution in [0.4, 0.5) is 0 Å². The number of carbonyl (C=O) groups excluding carboxylic acids is 1. The molecule has 0 atom stereocenters. The van der Waals surface area contributed by atoms with Crippen LogP contribution in [-0.2, 0) is 26.1 Å². The number of aryl methyl sites for hydroxylation is 1. The number of hydrogen-bond acceptors (Lipinski definition) is 7. The highest BCUT2D eigenvalue weighted by atomic mass is 16.7. The number of nitrogens with one attached hydrogen (secondary N) is 1. The second-order valence-corrected chi connectivity index (χ2v) is 8.87. The van der Waals surface area contributed by atoms with Gasteiger partial charge in [-0.05, 0) is 23.5 Å². The monoisotopic (exact) mass is 443 g/mol. The number of carbonyl (C=O) groups is 2. The first kappa shape index (κ1) is 23.6. The molecule has 3 N–H and O–H groups in total. The lowest BCUT2D eigenvalue weighted by Crippen LogP contribution is -2.33. The number of hydrogen-bond donors (Lipinski definition) is 3. The maximum Gasteiger partial charge on any atom is 0.322 e. The first-order chi connectivity index (χ1) is 15.0. The maximum absolute atomic E-state index is 12.2. The summed E-state index contributed by atoms with van der Waals surface area (Å²) in [6.45, 7) is 8.43. The zero-order valence-electron chi connectivity index (χ0n) is 18.7. The van der Waals surface area contributed by atoms with Crippen LogP contribution in [0.1, 0.15) is 59.8 Å². The van der Waals surface area contributed by atoms with Gasteiger partial charge in [-0.3, -0.25) is 9.59 Å². The second kappa shape index (κ2) is 9.62. The highest BCUT2D eigenvalue weighted by Crippen LogP contribution is 2.28. The van der Waals surface area contributed by atoms with Crippen molar-refractivity contribution in [1.29, 1.82) is 0 Å². The van der Waals surface area contributed by atoms with E-state index < -0.39 is 24.7 Å². The molecule has 1 amide bonds. The number of nitrogens with zero attached hydrogens (tertiary/aromatic N) is 2. The molecule has 0 unspecified atom stereocenters. The Kier molecular flexibility index (Phi) is 7.10. The van der Waals surface area contributed by atoms with Crippen LogP contribution < -0.4 is 5.32 Å². The third-order valence-electron chi connectivity index (χ3n) is 5.28. The summed E-state index contributed by atoms with van der Waals surface area (Å²) in [6, 6.07) is 8.47. The first-order valence-corrected chi connectivity index (χ1v) is 10.4. The van der Waals surface area contributed by atoms with E-state index in [2.05, 4.69) is 60.3 Å². The van der Waals surface area contributed by atoms with Gasteiger partial charge in [-0.2, -0.15) is 0 Å². The maximum atomic E-state index is 12.2. The van der Waals surface area contributed by atoms with E-state index in [4.69, 9.17) is 14.6 Å². The van der Waals surface area contributed by atoms with E-state index in [1.165, 1.54) is 12.5 Å². The van der Waals surface area contributed by atoms with Gasteiger partial charge in [0.05, 0.1) is 25.3 Å². The van der Waals surface area contributed by atoms with Crippen LogP contribution in [0, 0.1) is 6.92 Å². The number of aliphatic carboxylic acids is 1. The molecule has 0 spiro atoms. The topological polar surface area (TPSA) is 131 Å². The molecule has 1 aliphatic heterocycles. The predicted octanol–water partition coefficient (Wildman–Crippen LogP) is 2.30. The molecule has 9 nitrogen and oxygen atoms in total. The normalized spacial score (nSPS) is 18.9. The average Bonchev–Trinajstić information content (AvgIpc) is 2.74. The fourth-order valence-corrected chi connectivity index (χ4v) is 3.37. The van der Waals surface area contributed by atoms with Crippen LogP contribution in [0.5, 0.6) is 5.75 Å². The van der Waals surface area contributed by atoms with E-state index in [1.807, 2.05) is 0 Å². The number of ether oxygens (including phenoxy) is 2. The van der Waals surface area contributed by atoms with Gasteiger partial charge in [0.1, 0.15) is 12.4 Å². The Morgan fingerprint density at radius 2 is 1.75 bits per heavy atom. The molecule has 172 valence electrons. The average molecular weight is 444 g/mol. The molecule has 0 radical (unpaired) electrons. The Hall–Kier alpha value is -3.04. The molecule has 1 aliphatic rings. The van der Waals surface area contributed by atoms with Gasteiger partial charge in [-0.15, -0.1) is 0 Å². The molecule has 1 aromatic carbocycles. The number of aromatic nitrogens is 2. The van der Waals surface area contributed by atoms with Crippen LogP contribution in [0.2, 0.25) is 0 Å². The highest BCUT2D eigenvalue weighted by molar-refractivity contribution is 5.96. The lowest BCUT2D eigenvalue weighted by atomic mass is 9.85. The van der Waals surface area contributed by atoms with Crippen molar-refractivity contribution >= 4 is 11.9 Å². The minimum atomic E-state index is -1.20. The molecular formula is C23H29N3O6. The Labute approximate surface area is 186 Å². The molecule has 2 aromatic rings. The van der Waals surface area contributed by atoms with E-state index in [9.17, 15) is 14.7 Å². The lowest BCUT2D eigenvalue weighted by molar-refractivity contribution is -0.186. The van der Waals surface area contributed by atoms with Crippen molar-refractivity contribution in [1.82, 2.24) is 15.3 Å². The lowest BCUT2D eigenvalue weighted by Gasteiger charge is -2.30. The fraction of sp³-hybridized carbons (Fsp3) is 0.478. The van der Waals surface area contributed by atoms with Crippen LogP contribution >= 0.6 is 0 Å². The van der Waals surface area contributed by atoms with Gasteiger partial charge >= 0.3 is 5.97 Å². The van der Waals surface area contributed by atoms with Crippen LogP contribution in [0.15, 0.2) is 24.3 Å². The summed E-state index contributed by atoms with van der Waals surface area (Å²) in [7, 11) is 0. The molecule has 1 saturated heterocycles. The molecule has 1 aromatic heterocycles. The number of amides is 1. The van der Waals surface area contributed by atoms with Gasteiger partial charge in [-0.25, -0.2) is 9.97 Å². The molecule has 3 rings (SSSR count). The van der Waals surface area contributed by atoms with E-state index in [0.717, 1.165) is 5.56 Å². The van der Waals surface area contributed by atoms with E-state index in [1.54, 1.807) is 0 Å². The number of carboxylic acid groups (broad SMARTS) is 1. The van der Waals surface area contributed by atoms with Crippen molar-refractivity contribution in [2.45, 2.75) is 51.7 Å². The summed E-state index contributed by atoms with van der Waals surface area (Å²) in [5.41, 5.74) is 2.43. The minimum absolute atomic E-state index is 0.0921. The minimum Gasteiger partial charge on any atom is -0.504 e. The molecule has 0 aliphatic carbocycles. The van der Waals surface area contributed by atoms with Crippen molar-refractivity contribution in [3.05, 3.63) is 52.6 Å². The Morgan fingerprint density at radius 3 is 2.31 bits per heavy atom. The molecule has 32 heavy (non-hydrogen) atoms. The van der Waals surface area contributed by atoms with Crippen LogP contribution in [0.25, 0.3) is 0 Å². The van der Waals surface area contributed by atoms with Crippen molar-refractivity contribution in [2.75, 3.05) is 19.8 Å².